The van der Waals surface area contributed by atoms with Gasteiger partial charge in [0.25, 0.3) is 5.91 Å². The van der Waals surface area contributed by atoms with Crippen LogP contribution in [0.4, 0.5) is 0 Å². The molecule has 1 amide bonds. The molecular formula is C11H15N3O2. The number of pyridine rings is 1. The van der Waals surface area contributed by atoms with Crippen LogP contribution in [0.5, 0.6) is 0 Å². The summed E-state index contributed by atoms with van der Waals surface area (Å²) in [5.74, 6) is -0.0523. The smallest absolute Gasteiger partial charge is 0.255 e. The summed E-state index contributed by atoms with van der Waals surface area (Å²) < 4.78 is 1.41. The summed E-state index contributed by atoms with van der Waals surface area (Å²) in [4.78, 5) is 24.9. The molecule has 1 atom stereocenters. The quantitative estimate of drug-likeness (QED) is 0.699. The van der Waals surface area contributed by atoms with Crippen molar-refractivity contribution in [2.75, 3.05) is 13.1 Å². The number of rotatable bonds is 1. The van der Waals surface area contributed by atoms with E-state index in [0.717, 1.165) is 6.42 Å². The fourth-order valence-corrected chi connectivity index (χ4v) is 1.87. The Labute approximate surface area is 93.5 Å². The van der Waals surface area contributed by atoms with Crippen molar-refractivity contribution in [2.24, 2.45) is 12.8 Å². The lowest BCUT2D eigenvalue weighted by atomic mass is 10.2. The number of nitrogens with two attached hydrogens (primary N) is 1. The van der Waals surface area contributed by atoms with E-state index in [1.54, 1.807) is 24.2 Å². The minimum atomic E-state index is -0.116. The van der Waals surface area contributed by atoms with Crippen LogP contribution in [0.2, 0.25) is 0 Å². The van der Waals surface area contributed by atoms with Gasteiger partial charge in [0.1, 0.15) is 0 Å². The highest BCUT2D eigenvalue weighted by molar-refractivity contribution is 5.94. The molecule has 0 radical (unpaired) electrons. The first-order chi connectivity index (χ1) is 7.58. The molecule has 1 aromatic heterocycles. The third-order valence-corrected chi connectivity index (χ3v) is 2.84. The van der Waals surface area contributed by atoms with E-state index in [4.69, 9.17) is 5.73 Å². The van der Waals surface area contributed by atoms with Gasteiger partial charge >= 0.3 is 0 Å². The highest BCUT2D eigenvalue weighted by Gasteiger charge is 2.24. The number of aromatic nitrogens is 1. The van der Waals surface area contributed by atoms with Gasteiger partial charge < -0.3 is 15.2 Å². The highest BCUT2D eigenvalue weighted by Crippen LogP contribution is 2.11. The standard InChI is InChI=1S/C11H15N3O2/c1-13-6-8(2-3-10(13)15)11(16)14-5-4-9(12)7-14/h2-3,6,9H,4-5,7,12H2,1H3. The molecule has 1 aliphatic rings. The van der Waals surface area contributed by atoms with Crippen LogP contribution in [0.15, 0.2) is 23.1 Å². The van der Waals surface area contributed by atoms with E-state index in [-0.39, 0.29) is 17.5 Å². The molecule has 2 N–H and O–H groups in total. The van der Waals surface area contributed by atoms with Gasteiger partial charge in [-0.1, -0.05) is 0 Å². The molecule has 1 aliphatic heterocycles. The summed E-state index contributed by atoms with van der Waals surface area (Å²) in [5, 5.41) is 0. The second-order valence-corrected chi connectivity index (χ2v) is 4.17. The summed E-state index contributed by atoms with van der Waals surface area (Å²) in [6.07, 6.45) is 2.41. The first-order valence-electron chi connectivity index (χ1n) is 5.29. The van der Waals surface area contributed by atoms with Crippen LogP contribution in [-0.4, -0.2) is 34.5 Å². The lowest BCUT2D eigenvalue weighted by Crippen LogP contribution is -2.32. The van der Waals surface area contributed by atoms with E-state index in [1.165, 1.54) is 10.6 Å². The van der Waals surface area contributed by atoms with Crippen LogP contribution < -0.4 is 11.3 Å². The maximum Gasteiger partial charge on any atom is 0.255 e. The summed E-state index contributed by atoms with van der Waals surface area (Å²) in [6, 6.07) is 3.05. The van der Waals surface area contributed by atoms with E-state index in [1.807, 2.05) is 0 Å². The van der Waals surface area contributed by atoms with Crippen molar-refractivity contribution in [3.05, 3.63) is 34.2 Å². The largest absolute Gasteiger partial charge is 0.337 e. The number of hydrogen-bond donors (Lipinski definition) is 1. The molecule has 2 rings (SSSR count). The Morgan fingerprint density at radius 2 is 2.25 bits per heavy atom. The minimum absolute atomic E-state index is 0.0523. The zero-order valence-electron chi connectivity index (χ0n) is 9.22. The average molecular weight is 221 g/mol. The van der Waals surface area contributed by atoms with Crippen molar-refractivity contribution >= 4 is 5.91 Å². The molecule has 1 fully saturated rings. The zero-order valence-corrected chi connectivity index (χ0v) is 9.22. The van der Waals surface area contributed by atoms with E-state index in [9.17, 15) is 9.59 Å². The molecule has 0 spiro atoms. The number of hydrogen-bond acceptors (Lipinski definition) is 3. The summed E-state index contributed by atoms with van der Waals surface area (Å²) >= 11 is 0. The molecule has 16 heavy (non-hydrogen) atoms. The lowest BCUT2D eigenvalue weighted by molar-refractivity contribution is 0.0790. The van der Waals surface area contributed by atoms with Crippen molar-refractivity contribution in [1.29, 1.82) is 0 Å². The third kappa shape index (κ3) is 1.99. The Morgan fingerprint density at radius 3 is 2.81 bits per heavy atom. The molecule has 1 saturated heterocycles. The van der Waals surface area contributed by atoms with Gasteiger partial charge in [-0.2, -0.15) is 0 Å². The van der Waals surface area contributed by atoms with Crippen molar-refractivity contribution in [2.45, 2.75) is 12.5 Å². The number of nitrogens with zero attached hydrogens (tertiary/aromatic N) is 2. The minimum Gasteiger partial charge on any atom is -0.337 e. The molecule has 0 saturated carbocycles. The number of amides is 1. The Morgan fingerprint density at radius 1 is 1.50 bits per heavy atom. The molecule has 1 unspecified atom stereocenters. The zero-order chi connectivity index (χ0) is 11.7. The molecule has 0 aliphatic carbocycles. The van der Waals surface area contributed by atoms with Crippen molar-refractivity contribution < 1.29 is 4.79 Å². The first kappa shape index (κ1) is 10.9. The van der Waals surface area contributed by atoms with Crippen LogP contribution >= 0.6 is 0 Å². The SMILES string of the molecule is Cn1cc(C(=O)N2CCC(N)C2)ccc1=O. The maximum atomic E-state index is 12.0. The number of aryl methyl sites for hydroxylation is 1. The lowest BCUT2D eigenvalue weighted by Gasteiger charge is -2.15. The van der Waals surface area contributed by atoms with Crippen LogP contribution in [0, 0.1) is 0 Å². The molecule has 2 heterocycles. The Bertz CT molecular complexity index is 467. The van der Waals surface area contributed by atoms with Gasteiger partial charge in [-0.05, 0) is 12.5 Å². The summed E-state index contributed by atoms with van der Waals surface area (Å²) in [7, 11) is 1.63. The molecule has 0 aromatic carbocycles. The molecule has 5 nitrogen and oxygen atoms in total. The Hall–Kier alpha value is -1.62. The van der Waals surface area contributed by atoms with Crippen LogP contribution in [-0.2, 0) is 7.05 Å². The highest BCUT2D eigenvalue weighted by atomic mass is 16.2. The Kier molecular flexibility index (Phi) is 2.78. The van der Waals surface area contributed by atoms with Crippen molar-refractivity contribution in [1.82, 2.24) is 9.47 Å². The van der Waals surface area contributed by atoms with Crippen molar-refractivity contribution in [3.63, 3.8) is 0 Å². The van der Waals surface area contributed by atoms with E-state index < -0.39 is 0 Å². The molecule has 5 heteroatoms. The predicted octanol–water partition coefficient (Wildman–Crippen LogP) is -0.442. The molecular weight excluding hydrogens is 206 g/mol. The fourth-order valence-electron chi connectivity index (χ4n) is 1.87. The topological polar surface area (TPSA) is 68.3 Å². The third-order valence-electron chi connectivity index (χ3n) is 2.84. The van der Waals surface area contributed by atoms with Crippen LogP contribution in [0.25, 0.3) is 0 Å². The Balaban J connectivity index is 2.21. The molecule has 0 bridgehead atoms. The van der Waals surface area contributed by atoms with Crippen LogP contribution in [0.1, 0.15) is 16.8 Å². The predicted molar refractivity (Wildman–Crippen MR) is 60.2 cm³/mol. The van der Waals surface area contributed by atoms with Gasteiger partial charge in [0.15, 0.2) is 0 Å². The van der Waals surface area contributed by atoms with Gasteiger partial charge in [-0.15, -0.1) is 0 Å². The first-order valence-corrected chi connectivity index (χ1v) is 5.29. The normalized spacial score (nSPS) is 20.1. The number of carbonyl (C=O) groups is 1. The summed E-state index contributed by atoms with van der Waals surface area (Å²) in [5.41, 5.74) is 6.17. The molecule has 86 valence electrons. The second-order valence-electron chi connectivity index (χ2n) is 4.17. The fraction of sp³-hybridized carbons (Fsp3) is 0.455. The van der Waals surface area contributed by atoms with Gasteiger partial charge in [-0.25, -0.2) is 0 Å². The van der Waals surface area contributed by atoms with Gasteiger partial charge in [0, 0.05) is 38.4 Å². The van der Waals surface area contributed by atoms with Gasteiger partial charge in [-0.3, -0.25) is 9.59 Å². The van der Waals surface area contributed by atoms with E-state index in [2.05, 4.69) is 0 Å². The van der Waals surface area contributed by atoms with Gasteiger partial charge in [0.05, 0.1) is 5.56 Å². The van der Waals surface area contributed by atoms with Crippen LogP contribution in [0.3, 0.4) is 0 Å². The van der Waals surface area contributed by atoms with Crippen molar-refractivity contribution in [3.8, 4) is 0 Å². The second kappa shape index (κ2) is 4.09. The van der Waals surface area contributed by atoms with E-state index >= 15 is 0 Å². The maximum absolute atomic E-state index is 12.0. The van der Waals surface area contributed by atoms with Gasteiger partial charge in [0.2, 0.25) is 5.56 Å². The summed E-state index contributed by atoms with van der Waals surface area (Å²) in [6.45, 7) is 1.30. The monoisotopic (exact) mass is 221 g/mol. The average Bonchev–Trinajstić information content (AvgIpc) is 2.68. The molecule has 1 aromatic rings. The number of likely N-dealkylation sites (tertiary alicyclic amines) is 1. The van der Waals surface area contributed by atoms with E-state index in [0.29, 0.717) is 18.7 Å². The number of carbonyl (C=O) groups excluding carboxylic acids is 1.